The Labute approximate surface area is 230 Å². The quantitative estimate of drug-likeness (QED) is 0.334. The third-order valence-corrected chi connectivity index (χ3v) is 6.61. The normalized spacial score (nSPS) is 12.4. The first kappa shape index (κ1) is 29.4. The van der Waals surface area contributed by atoms with Crippen LogP contribution < -0.4 is 16.6 Å². The second-order valence-corrected chi connectivity index (χ2v) is 9.55. The summed E-state index contributed by atoms with van der Waals surface area (Å²) >= 11 is 6.24. The van der Waals surface area contributed by atoms with Crippen molar-refractivity contribution in [1.82, 2.24) is 14.5 Å². The SMILES string of the molecule is CC(=O)OC(C)OC(=O)[C@H](Cc1ccc(-c2c(C)n(C)c(=O)n(C)c2=O)cc1)NC(=O)c1c(C)cccc1Cl. The first-order chi connectivity index (χ1) is 18.3. The van der Waals surface area contributed by atoms with Crippen molar-refractivity contribution in [2.75, 3.05) is 0 Å². The molecule has 0 saturated carbocycles. The second-order valence-electron chi connectivity index (χ2n) is 9.14. The molecule has 0 aliphatic carbocycles. The van der Waals surface area contributed by atoms with Gasteiger partial charge in [0.05, 0.1) is 16.1 Å². The molecular weight excluding hydrogens is 526 g/mol. The van der Waals surface area contributed by atoms with E-state index in [4.69, 9.17) is 21.1 Å². The average Bonchev–Trinajstić information content (AvgIpc) is 2.86. The van der Waals surface area contributed by atoms with Gasteiger partial charge in [-0.3, -0.25) is 19.0 Å². The summed E-state index contributed by atoms with van der Waals surface area (Å²) in [4.78, 5) is 62.4. The molecule has 0 aliphatic heterocycles. The maximum Gasteiger partial charge on any atom is 0.332 e. The van der Waals surface area contributed by atoms with Crippen LogP contribution in [0.15, 0.2) is 52.1 Å². The molecule has 11 heteroatoms. The van der Waals surface area contributed by atoms with Gasteiger partial charge in [-0.05, 0) is 36.6 Å². The third kappa shape index (κ3) is 6.64. The van der Waals surface area contributed by atoms with Gasteiger partial charge in [0.15, 0.2) is 0 Å². The Morgan fingerprint density at radius 1 is 0.974 bits per heavy atom. The van der Waals surface area contributed by atoms with E-state index in [1.54, 1.807) is 63.4 Å². The third-order valence-electron chi connectivity index (χ3n) is 6.29. The number of halogens is 1. The fraction of sp³-hybridized carbons (Fsp3) is 0.321. The van der Waals surface area contributed by atoms with Crippen molar-refractivity contribution in [3.63, 3.8) is 0 Å². The van der Waals surface area contributed by atoms with Gasteiger partial charge in [0.2, 0.25) is 6.29 Å². The number of esters is 2. The van der Waals surface area contributed by atoms with E-state index in [1.165, 1.54) is 25.5 Å². The molecule has 3 rings (SSSR count). The van der Waals surface area contributed by atoms with Gasteiger partial charge in [-0.1, -0.05) is 48.0 Å². The number of nitrogens with one attached hydrogen (secondary N) is 1. The van der Waals surface area contributed by atoms with E-state index >= 15 is 0 Å². The predicted octanol–water partition coefficient (Wildman–Crippen LogP) is 2.81. The number of hydrogen-bond donors (Lipinski definition) is 1. The van der Waals surface area contributed by atoms with E-state index in [2.05, 4.69) is 5.32 Å². The molecule has 206 valence electrons. The van der Waals surface area contributed by atoms with Gasteiger partial charge in [0, 0.05) is 40.1 Å². The lowest BCUT2D eigenvalue weighted by molar-refractivity contribution is -0.184. The van der Waals surface area contributed by atoms with Gasteiger partial charge in [-0.2, -0.15) is 0 Å². The number of ether oxygens (including phenoxy) is 2. The topological polar surface area (TPSA) is 126 Å². The lowest BCUT2D eigenvalue weighted by Crippen LogP contribution is -2.44. The highest BCUT2D eigenvalue weighted by molar-refractivity contribution is 6.34. The molecule has 1 N–H and O–H groups in total. The van der Waals surface area contributed by atoms with Crippen LogP contribution in [0.3, 0.4) is 0 Å². The number of aromatic nitrogens is 2. The molecule has 10 nitrogen and oxygen atoms in total. The lowest BCUT2D eigenvalue weighted by atomic mass is 10.00. The molecular formula is C28H30ClN3O7. The molecule has 0 fully saturated rings. The van der Waals surface area contributed by atoms with E-state index < -0.39 is 41.4 Å². The number of carbonyl (C=O) groups is 3. The van der Waals surface area contributed by atoms with E-state index in [9.17, 15) is 24.0 Å². The minimum atomic E-state index is -1.16. The number of amides is 1. The molecule has 0 spiro atoms. The van der Waals surface area contributed by atoms with Crippen molar-refractivity contribution in [2.45, 2.75) is 46.4 Å². The van der Waals surface area contributed by atoms with E-state index in [1.807, 2.05) is 0 Å². The van der Waals surface area contributed by atoms with Gasteiger partial charge in [-0.15, -0.1) is 0 Å². The average molecular weight is 556 g/mol. The summed E-state index contributed by atoms with van der Waals surface area (Å²) < 4.78 is 12.6. The Morgan fingerprint density at radius 2 is 1.62 bits per heavy atom. The van der Waals surface area contributed by atoms with Crippen LogP contribution >= 0.6 is 11.6 Å². The van der Waals surface area contributed by atoms with E-state index in [0.717, 1.165) is 4.57 Å². The maximum absolute atomic E-state index is 13.1. The Morgan fingerprint density at radius 3 is 2.21 bits per heavy atom. The van der Waals surface area contributed by atoms with Crippen LogP contribution in [0.4, 0.5) is 0 Å². The number of rotatable bonds is 8. The minimum Gasteiger partial charge on any atom is -0.426 e. The smallest absolute Gasteiger partial charge is 0.332 e. The van der Waals surface area contributed by atoms with Crippen LogP contribution in [0.25, 0.3) is 11.1 Å². The molecule has 0 saturated heterocycles. The number of hydrogen-bond acceptors (Lipinski definition) is 7. The van der Waals surface area contributed by atoms with Crippen molar-refractivity contribution < 1.29 is 23.9 Å². The zero-order chi connectivity index (χ0) is 29.0. The molecule has 2 atom stereocenters. The highest BCUT2D eigenvalue weighted by Gasteiger charge is 2.27. The highest BCUT2D eigenvalue weighted by Crippen LogP contribution is 2.22. The zero-order valence-corrected chi connectivity index (χ0v) is 23.3. The highest BCUT2D eigenvalue weighted by atomic mass is 35.5. The summed E-state index contributed by atoms with van der Waals surface area (Å²) in [5.74, 6) is -2.01. The van der Waals surface area contributed by atoms with Crippen LogP contribution in [0, 0.1) is 13.8 Å². The van der Waals surface area contributed by atoms with Crippen LogP contribution in [-0.2, 0) is 39.6 Å². The summed E-state index contributed by atoms with van der Waals surface area (Å²) in [6, 6.07) is 10.7. The standard InChI is InChI=1S/C28H30ClN3O7/c1-15-8-7-9-21(29)23(15)25(34)30-22(27(36)39-18(4)38-17(3)33)14-19-10-12-20(13-11-19)24-16(2)31(5)28(37)32(6)26(24)35/h7-13,18,22H,14H2,1-6H3,(H,30,34)/t18?,22-/m0/s1. The van der Waals surface area contributed by atoms with Gasteiger partial charge in [0.1, 0.15) is 6.04 Å². The van der Waals surface area contributed by atoms with Gasteiger partial charge < -0.3 is 19.4 Å². The Kier molecular flexibility index (Phi) is 9.13. The van der Waals surface area contributed by atoms with Crippen LogP contribution in [-0.4, -0.2) is 39.3 Å². The fourth-order valence-corrected chi connectivity index (χ4v) is 4.48. The molecule has 1 unspecified atom stereocenters. The Bertz CT molecular complexity index is 1520. The molecule has 0 radical (unpaired) electrons. The number of nitrogens with zero attached hydrogens (tertiary/aromatic N) is 2. The molecule has 1 amide bonds. The molecule has 2 aromatic carbocycles. The summed E-state index contributed by atoms with van der Waals surface area (Å²) in [5, 5.41) is 2.91. The summed E-state index contributed by atoms with van der Waals surface area (Å²) in [5.41, 5.74) is 2.12. The van der Waals surface area contributed by atoms with Crippen LogP contribution in [0.1, 0.15) is 41.0 Å². The molecule has 0 aliphatic rings. The second kappa shape index (κ2) is 12.1. The van der Waals surface area contributed by atoms with Crippen molar-refractivity contribution in [2.24, 2.45) is 14.1 Å². The van der Waals surface area contributed by atoms with Crippen molar-refractivity contribution in [3.8, 4) is 11.1 Å². The van der Waals surface area contributed by atoms with Crippen LogP contribution in [0.5, 0.6) is 0 Å². The number of carbonyl (C=O) groups excluding carboxylic acids is 3. The minimum absolute atomic E-state index is 0.0331. The number of aryl methyl sites for hydroxylation is 1. The maximum atomic E-state index is 13.1. The van der Waals surface area contributed by atoms with Gasteiger partial charge >= 0.3 is 17.6 Å². The molecule has 1 heterocycles. The van der Waals surface area contributed by atoms with E-state index in [0.29, 0.717) is 27.9 Å². The van der Waals surface area contributed by atoms with E-state index in [-0.39, 0.29) is 17.0 Å². The fourth-order valence-electron chi connectivity index (χ4n) is 4.17. The molecule has 0 bridgehead atoms. The molecule has 39 heavy (non-hydrogen) atoms. The zero-order valence-electron chi connectivity index (χ0n) is 22.5. The van der Waals surface area contributed by atoms with Crippen LogP contribution in [0.2, 0.25) is 5.02 Å². The molecule has 1 aromatic heterocycles. The first-order valence-corrected chi connectivity index (χ1v) is 12.5. The van der Waals surface area contributed by atoms with Crippen molar-refractivity contribution >= 4 is 29.4 Å². The monoisotopic (exact) mass is 555 g/mol. The number of benzene rings is 2. The summed E-state index contributed by atoms with van der Waals surface area (Å²) in [6.07, 6.45) is -1.13. The summed E-state index contributed by atoms with van der Waals surface area (Å²) in [7, 11) is 3.00. The predicted molar refractivity (Wildman–Crippen MR) is 146 cm³/mol. The van der Waals surface area contributed by atoms with Gasteiger partial charge in [0.25, 0.3) is 11.5 Å². The Balaban J connectivity index is 1.92. The largest absolute Gasteiger partial charge is 0.426 e. The first-order valence-electron chi connectivity index (χ1n) is 12.1. The molecule has 3 aromatic rings. The van der Waals surface area contributed by atoms with Crippen molar-refractivity contribution in [3.05, 3.63) is 90.7 Å². The van der Waals surface area contributed by atoms with Gasteiger partial charge in [-0.25, -0.2) is 9.59 Å². The van der Waals surface area contributed by atoms with Crippen molar-refractivity contribution in [1.29, 1.82) is 0 Å². The Hall–Kier alpha value is -4.18. The lowest BCUT2D eigenvalue weighted by Gasteiger charge is -2.21. The summed E-state index contributed by atoms with van der Waals surface area (Å²) in [6.45, 7) is 5.99.